The molecule has 0 aliphatic heterocycles. The number of aliphatic carboxylic acids is 1. The molecule has 116 valence electrons. The first-order valence-electron chi connectivity index (χ1n) is 6.83. The Morgan fingerprint density at radius 1 is 1.05 bits per heavy atom. The third-order valence-corrected chi connectivity index (χ3v) is 2.90. The number of amides is 1. The minimum atomic E-state index is -1.04. The van der Waals surface area contributed by atoms with Gasteiger partial charge in [-0.25, -0.2) is 4.79 Å². The summed E-state index contributed by atoms with van der Waals surface area (Å²) in [5.74, 6) is -0.673. The van der Waals surface area contributed by atoms with Crippen LogP contribution in [0, 0.1) is 0 Å². The van der Waals surface area contributed by atoms with Crippen molar-refractivity contribution in [3.8, 4) is 5.75 Å². The van der Waals surface area contributed by atoms with Crippen LogP contribution in [0.4, 0.5) is 0 Å². The topological polar surface area (TPSA) is 84.9 Å². The second-order valence-corrected chi connectivity index (χ2v) is 4.56. The molecular weight excluding hydrogens is 286 g/mol. The molecule has 0 aliphatic carbocycles. The maximum absolute atomic E-state index is 11.6. The number of fused-ring (bicyclic) bond motifs is 1. The molecule has 0 bridgehead atoms. The minimum Gasteiger partial charge on any atom is -0.483 e. The highest BCUT2D eigenvalue weighted by Gasteiger charge is 2.05. The number of ether oxygens (including phenoxy) is 2. The first kappa shape index (κ1) is 15.8. The van der Waals surface area contributed by atoms with Gasteiger partial charge in [0, 0.05) is 11.9 Å². The molecule has 0 atom stereocenters. The summed E-state index contributed by atoms with van der Waals surface area (Å²) in [6, 6.07) is 13.4. The fourth-order valence-electron chi connectivity index (χ4n) is 1.94. The van der Waals surface area contributed by atoms with E-state index < -0.39 is 5.97 Å². The third kappa shape index (κ3) is 4.75. The summed E-state index contributed by atoms with van der Waals surface area (Å²) in [5.41, 5.74) is 0. The Kier molecular flexibility index (Phi) is 5.73. The fourth-order valence-corrected chi connectivity index (χ4v) is 1.94. The van der Waals surface area contributed by atoms with Crippen LogP contribution in [0.1, 0.15) is 0 Å². The van der Waals surface area contributed by atoms with Gasteiger partial charge < -0.3 is 19.9 Å². The number of carbonyl (C=O) groups is 2. The van der Waals surface area contributed by atoms with Crippen LogP contribution in [0.15, 0.2) is 42.5 Å². The Labute approximate surface area is 127 Å². The molecule has 0 unspecified atom stereocenters. The van der Waals surface area contributed by atoms with Crippen molar-refractivity contribution in [1.29, 1.82) is 0 Å². The van der Waals surface area contributed by atoms with E-state index in [1.807, 2.05) is 42.5 Å². The van der Waals surface area contributed by atoms with Gasteiger partial charge in [-0.2, -0.15) is 0 Å². The van der Waals surface area contributed by atoms with Crippen LogP contribution in [0.3, 0.4) is 0 Å². The van der Waals surface area contributed by atoms with Crippen molar-refractivity contribution >= 4 is 22.6 Å². The van der Waals surface area contributed by atoms with Crippen LogP contribution < -0.4 is 10.1 Å². The zero-order chi connectivity index (χ0) is 15.8. The number of nitrogens with one attached hydrogen (secondary N) is 1. The number of carboxylic acid groups (broad SMARTS) is 1. The average Bonchev–Trinajstić information content (AvgIpc) is 2.52. The summed E-state index contributed by atoms with van der Waals surface area (Å²) >= 11 is 0. The van der Waals surface area contributed by atoms with Crippen molar-refractivity contribution in [1.82, 2.24) is 5.32 Å². The average molecular weight is 303 g/mol. The summed E-state index contributed by atoms with van der Waals surface area (Å²) < 4.78 is 10.3. The zero-order valence-electron chi connectivity index (χ0n) is 12.0. The molecule has 22 heavy (non-hydrogen) atoms. The molecule has 0 saturated heterocycles. The van der Waals surface area contributed by atoms with Gasteiger partial charge >= 0.3 is 5.97 Å². The maximum Gasteiger partial charge on any atom is 0.329 e. The molecule has 2 aromatic rings. The van der Waals surface area contributed by atoms with Crippen molar-refractivity contribution in [3.05, 3.63) is 42.5 Å². The normalized spacial score (nSPS) is 10.4. The van der Waals surface area contributed by atoms with Crippen molar-refractivity contribution in [2.24, 2.45) is 0 Å². The molecule has 0 fully saturated rings. The largest absolute Gasteiger partial charge is 0.483 e. The van der Waals surface area contributed by atoms with Crippen molar-refractivity contribution in [2.45, 2.75) is 0 Å². The highest BCUT2D eigenvalue weighted by Crippen LogP contribution is 2.24. The predicted molar refractivity (Wildman–Crippen MR) is 80.9 cm³/mol. The van der Waals surface area contributed by atoms with Gasteiger partial charge in [0.1, 0.15) is 12.4 Å². The summed E-state index contributed by atoms with van der Waals surface area (Å²) in [6.45, 7) is -0.0906. The van der Waals surface area contributed by atoms with Crippen LogP contribution in [0.25, 0.3) is 10.8 Å². The zero-order valence-corrected chi connectivity index (χ0v) is 12.0. The molecule has 0 aromatic heterocycles. The Morgan fingerprint density at radius 2 is 1.82 bits per heavy atom. The van der Waals surface area contributed by atoms with Crippen molar-refractivity contribution < 1.29 is 24.2 Å². The smallest absolute Gasteiger partial charge is 0.329 e. The maximum atomic E-state index is 11.6. The summed E-state index contributed by atoms with van der Waals surface area (Å²) in [6.07, 6.45) is 0. The van der Waals surface area contributed by atoms with E-state index in [0.717, 1.165) is 10.8 Å². The molecule has 0 heterocycles. The Balaban J connectivity index is 1.77. The van der Waals surface area contributed by atoms with E-state index in [9.17, 15) is 9.59 Å². The lowest BCUT2D eigenvalue weighted by atomic mass is 10.1. The van der Waals surface area contributed by atoms with E-state index >= 15 is 0 Å². The predicted octanol–water partition coefficient (Wildman–Crippen LogP) is 1.44. The molecule has 2 N–H and O–H groups in total. The lowest BCUT2D eigenvalue weighted by Crippen LogP contribution is -2.32. The summed E-state index contributed by atoms with van der Waals surface area (Å²) in [5, 5.41) is 13.0. The standard InChI is InChI=1S/C16H17NO5/c18-15(17-8-9-21-11-16(19)20)10-22-14-7-3-5-12-4-1-2-6-13(12)14/h1-7H,8-11H2,(H,17,18)(H,19,20). The molecule has 6 nitrogen and oxygen atoms in total. The van der Waals surface area contributed by atoms with Gasteiger partial charge in [-0.3, -0.25) is 4.79 Å². The summed E-state index contributed by atoms with van der Waals surface area (Å²) in [4.78, 5) is 21.9. The first-order chi connectivity index (χ1) is 10.7. The van der Waals surface area contributed by atoms with Crippen molar-refractivity contribution in [3.63, 3.8) is 0 Å². The lowest BCUT2D eigenvalue weighted by molar-refractivity contribution is -0.142. The number of carboxylic acids is 1. The van der Waals surface area contributed by atoms with Crippen LogP contribution in [-0.4, -0.2) is 43.3 Å². The van der Waals surface area contributed by atoms with Gasteiger partial charge in [0.05, 0.1) is 6.61 Å². The Hall–Kier alpha value is -2.60. The van der Waals surface area contributed by atoms with Crippen LogP contribution in [-0.2, 0) is 14.3 Å². The van der Waals surface area contributed by atoms with E-state index in [2.05, 4.69) is 5.32 Å². The van der Waals surface area contributed by atoms with E-state index in [0.29, 0.717) is 5.75 Å². The van der Waals surface area contributed by atoms with Gasteiger partial charge in [-0.05, 0) is 11.5 Å². The van der Waals surface area contributed by atoms with Crippen LogP contribution in [0.2, 0.25) is 0 Å². The number of hydrogen-bond donors (Lipinski definition) is 2. The van der Waals surface area contributed by atoms with Crippen LogP contribution >= 0.6 is 0 Å². The van der Waals surface area contributed by atoms with Gasteiger partial charge in [0.15, 0.2) is 6.61 Å². The van der Waals surface area contributed by atoms with E-state index in [4.69, 9.17) is 14.6 Å². The Bertz CT molecular complexity index is 651. The number of carbonyl (C=O) groups excluding carboxylic acids is 1. The third-order valence-electron chi connectivity index (χ3n) is 2.90. The molecular formula is C16H17NO5. The molecule has 0 spiro atoms. The van der Waals surface area contributed by atoms with E-state index in [-0.39, 0.29) is 32.3 Å². The monoisotopic (exact) mass is 303 g/mol. The number of benzene rings is 2. The lowest BCUT2D eigenvalue weighted by Gasteiger charge is -2.09. The molecule has 1 amide bonds. The van der Waals surface area contributed by atoms with E-state index in [1.54, 1.807) is 0 Å². The molecule has 0 saturated carbocycles. The van der Waals surface area contributed by atoms with Gasteiger partial charge in [-0.15, -0.1) is 0 Å². The highest BCUT2D eigenvalue weighted by atomic mass is 16.5. The molecule has 2 rings (SSSR count). The molecule has 6 heteroatoms. The quantitative estimate of drug-likeness (QED) is 0.721. The van der Waals surface area contributed by atoms with Gasteiger partial charge in [0.25, 0.3) is 5.91 Å². The number of hydrogen-bond acceptors (Lipinski definition) is 4. The van der Waals surface area contributed by atoms with E-state index in [1.165, 1.54) is 0 Å². The fraction of sp³-hybridized carbons (Fsp3) is 0.250. The van der Waals surface area contributed by atoms with Gasteiger partial charge in [0.2, 0.25) is 0 Å². The van der Waals surface area contributed by atoms with Crippen molar-refractivity contribution in [2.75, 3.05) is 26.4 Å². The molecule has 0 aliphatic rings. The van der Waals surface area contributed by atoms with Gasteiger partial charge in [-0.1, -0.05) is 36.4 Å². The second kappa shape index (κ2) is 7.99. The van der Waals surface area contributed by atoms with Crippen LogP contribution in [0.5, 0.6) is 5.75 Å². The highest BCUT2D eigenvalue weighted by molar-refractivity contribution is 5.88. The number of rotatable bonds is 8. The molecule has 0 radical (unpaired) electrons. The molecule has 2 aromatic carbocycles. The minimum absolute atomic E-state index is 0.104. The second-order valence-electron chi connectivity index (χ2n) is 4.56. The SMILES string of the molecule is O=C(O)COCCNC(=O)COc1cccc2ccccc12. The first-order valence-corrected chi connectivity index (χ1v) is 6.83. The summed E-state index contributed by atoms with van der Waals surface area (Å²) in [7, 11) is 0. The Morgan fingerprint density at radius 3 is 2.64 bits per heavy atom.